The first-order valence-electron chi connectivity index (χ1n) is 22.4. The summed E-state index contributed by atoms with van der Waals surface area (Å²) in [6, 6.07) is -2.89. The highest BCUT2D eigenvalue weighted by molar-refractivity contribution is 7.99. The lowest BCUT2D eigenvalue weighted by atomic mass is 9.96. The average Bonchev–Trinajstić information content (AvgIpc) is 3.92. The van der Waals surface area contributed by atoms with E-state index in [4.69, 9.17) is 11.5 Å². The first kappa shape index (κ1) is 50.8. The average molecular weight is 939 g/mol. The smallest absolute Gasteiger partial charge is 0.246 e. The Morgan fingerprint density at radius 3 is 2.15 bits per heavy atom. The Bertz CT molecular complexity index is 2200. The summed E-state index contributed by atoms with van der Waals surface area (Å²) in [6.45, 7) is 6.20. The number of carbonyl (C=O) groups is 10. The minimum atomic E-state index is -1.56. The molecule has 0 radical (unpaired) electrons. The number of nitrogens with one attached hydrogen (secondary N) is 9. The predicted molar refractivity (Wildman–Crippen MR) is 243 cm³/mol. The molecule has 2 bridgehead atoms. The van der Waals surface area contributed by atoms with Crippen LogP contribution < -0.4 is 54.0 Å². The molecule has 22 nitrogen and oxygen atoms in total. The molecule has 66 heavy (non-hydrogen) atoms. The van der Waals surface area contributed by atoms with Gasteiger partial charge in [0.05, 0.1) is 24.5 Å². The summed E-state index contributed by atoms with van der Waals surface area (Å²) in [5.41, 5.74) is 12.6. The predicted octanol–water partition coefficient (Wildman–Crippen LogP) is -1.88. The lowest BCUT2D eigenvalue weighted by Gasteiger charge is -2.32. The number of fused-ring (bicyclic) bond motifs is 5. The monoisotopic (exact) mass is 938 g/mol. The molecule has 1 aromatic heterocycles. The maximum Gasteiger partial charge on any atom is 0.246 e. The molecule has 1 aromatic carbocycles. The topological polar surface area (TPSA) is 338 Å². The largest absolute Gasteiger partial charge is 0.370 e. The van der Waals surface area contributed by atoms with E-state index in [1.165, 1.54) is 4.90 Å². The van der Waals surface area contributed by atoms with Gasteiger partial charge in [-0.15, -0.1) is 11.8 Å². The van der Waals surface area contributed by atoms with Crippen LogP contribution in [0.4, 0.5) is 5.69 Å². The number of aromatic amines is 1. The first-order valence-corrected chi connectivity index (χ1v) is 23.3. The third-order valence-corrected chi connectivity index (χ3v) is 13.3. The molecule has 1 saturated heterocycles. The van der Waals surface area contributed by atoms with Gasteiger partial charge in [0.1, 0.15) is 36.3 Å². The van der Waals surface area contributed by atoms with Crippen LogP contribution in [-0.4, -0.2) is 137 Å². The number of thioether (sulfide) groups is 1. The quantitative estimate of drug-likeness (QED) is 0.125. The molecule has 1 unspecified atom stereocenters. The van der Waals surface area contributed by atoms with E-state index < -0.39 is 121 Å². The highest BCUT2D eigenvalue weighted by atomic mass is 32.2. The van der Waals surface area contributed by atoms with E-state index in [2.05, 4.69) is 47.5 Å². The standard InChI is InChI=1S/C43H62N12O10S/c1-5-21(3)35-40(63)47-18-33(58)49-29-20-66-42-25(24-15-23(11-12-26(24)52-42)48-32(57)10-7-13-44)16-27(37(60)46-19-34(59)53-35)50-41(64)36(22(4)6-2)54-39(62)30-9-8-14-55(30)43(65)28(17-31(45)56)51-38(29)61/h11-12,15,21-22,27-30,35-36,52H,5-10,13-14,16-20,44H2,1-4H3,(H2,45,56)(H,46,60)(H,47,63)(H,48,57)(H,49,58)(H,50,64)(H,51,61)(H,53,59)(H,54,62)/t21-,22?,27-,28-,29-,30-,35-,36-/m0/s1. The summed E-state index contributed by atoms with van der Waals surface area (Å²) in [4.78, 5) is 142. The van der Waals surface area contributed by atoms with Crippen molar-refractivity contribution in [3.05, 3.63) is 23.8 Å². The fourth-order valence-electron chi connectivity index (χ4n) is 8.01. The highest BCUT2D eigenvalue weighted by Gasteiger charge is 2.41. The summed E-state index contributed by atoms with van der Waals surface area (Å²) in [5.74, 6) is -8.55. The first-order chi connectivity index (χ1) is 31.4. The Kier molecular flexibility index (Phi) is 17.9. The van der Waals surface area contributed by atoms with E-state index in [1.807, 2.05) is 6.92 Å². The van der Waals surface area contributed by atoms with Crippen molar-refractivity contribution in [3.63, 3.8) is 0 Å². The number of primary amides is 1. The van der Waals surface area contributed by atoms with Crippen molar-refractivity contribution in [2.24, 2.45) is 23.3 Å². The third kappa shape index (κ3) is 13.0. The number of H-pyrrole nitrogens is 1. The van der Waals surface area contributed by atoms with Gasteiger partial charge in [0.25, 0.3) is 0 Å². The van der Waals surface area contributed by atoms with Crippen molar-refractivity contribution in [3.8, 4) is 0 Å². The molecule has 0 aliphatic carbocycles. The van der Waals surface area contributed by atoms with Gasteiger partial charge in [-0.2, -0.15) is 0 Å². The molecule has 1 fully saturated rings. The van der Waals surface area contributed by atoms with E-state index >= 15 is 0 Å². The van der Waals surface area contributed by atoms with Crippen LogP contribution in [0.5, 0.6) is 0 Å². The van der Waals surface area contributed by atoms with Crippen molar-refractivity contribution in [2.45, 2.75) is 120 Å². The van der Waals surface area contributed by atoms with Crippen LogP contribution in [-0.2, 0) is 54.4 Å². The lowest BCUT2D eigenvalue weighted by molar-refractivity contribution is -0.143. The molecule has 3 aliphatic heterocycles. The van der Waals surface area contributed by atoms with Crippen molar-refractivity contribution in [1.29, 1.82) is 0 Å². The molecule has 13 N–H and O–H groups in total. The normalized spacial score (nSPS) is 25.1. The second-order valence-corrected chi connectivity index (χ2v) is 18.0. The molecule has 8 atom stereocenters. The van der Waals surface area contributed by atoms with Gasteiger partial charge in [-0.3, -0.25) is 47.9 Å². The van der Waals surface area contributed by atoms with Crippen LogP contribution >= 0.6 is 11.8 Å². The molecule has 2 aromatic rings. The van der Waals surface area contributed by atoms with Gasteiger partial charge in [0.2, 0.25) is 59.1 Å². The van der Waals surface area contributed by atoms with Crippen LogP contribution in [0, 0.1) is 11.8 Å². The number of nitrogens with zero attached hydrogens (tertiary/aromatic N) is 1. The molecule has 23 heteroatoms. The number of hydrogen-bond acceptors (Lipinski definition) is 12. The number of benzene rings is 1. The second kappa shape index (κ2) is 23.3. The van der Waals surface area contributed by atoms with Crippen LogP contribution in [0.25, 0.3) is 10.9 Å². The molecule has 10 amide bonds. The Morgan fingerprint density at radius 2 is 1.48 bits per heavy atom. The van der Waals surface area contributed by atoms with E-state index in [9.17, 15) is 47.9 Å². The number of anilines is 1. The maximum atomic E-state index is 14.5. The third-order valence-electron chi connectivity index (χ3n) is 12.2. The fraction of sp³-hybridized carbons (Fsp3) is 0.581. The number of hydrogen-bond donors (Lipinski definition) is 11. The Labute approximate surface area is 386 Å². The van der Waals surface area contributed by atoms with E-state index in [0.717, 1.165) is 11.8 Å². The molecule has 360 valence electrons. The summed E-state index contributed by atoms with van der Waals surface area (Å²) < 4.78 is 0. The molecular weight excluding hydrogens is 877 g/mol. The highest BCUT2D eigenvalue weighted by Crippen LogP contribution is 2.34. The molecule has 0 saturated carbocycles. The molecule has 0 spiro atoms. The fourth-order valence-corrected chi connectivity index (χ4v) is 9.12. The maximum absolute atomic E-state index is 14.5. The van der Waals surface area contributed by atoms with Crippen LogP contribution in [0.1, 0.15) is 78.2 Å². The van der Waals surface area contributed by atoms with Gasteiger partial charge < -0.3 is 63.9 Å². The molecular formula is C43H62N12O10S. The van der Waals surface area contributed by atoms with Gasteiger partial charge in [-0.25, -0.2) is 0 Å². The van der Waals surface area contributed by atoms with Gasteiger partial charge >= 0.3 is 0 Å². The molecule has 4 heterocycles. The summed E-state index contributed by atoms with van der Waals surface area (Å²) in [6.07, 6.45) is 1.13. The zero-order valence-corrected chi connectivity index (χ0v) is 38.5. The van der Waals surface area contributed by atoms with Gasteiger partial charge in [-0.1, -0.05) is 40.5 Å². The molecule has 5 rings (SSSR count). The van der Waals surface area contributed by atoms with Crippen molar-refractivity contribution < 1.29 is 47.9 Å². The van der Waals surface area contributed by atoms with Gasteiger partial charge in [0.15, 0.2) is 0 Å². The van der Waals surface area contributed by atoms with Crippen molar-refractivity contribution in [2.75, 3.05) is 37.2 Å². The van der Waals surface area contributed by atoms with Crippen LogP contribution in [0.3, 0.4) is 0 Å². The number of nitrogens with two attached hydrogens (primary N) is 2. The minimum absolute atomic E-state index is 0.0771. The van der Waals surface area contributed by atoms with E-state index in [-0.39, 0.29) is 37.5 Å². The van der Waals surface area contributed by atoms with Gasteiger partial charge in [-0.05, 0) is 61.4 Å². The SMILES string of the molecule is CCC(C)[C@@H]1NC(=O)[C@@H]2CCCN2C(=O)[C@H](CC(N)=O)NC(=O)[C@@H]2CSc3[nH]c4ccc(NC(=O)CCCN)cc4c3C[C@H](NC1=O)C(=O)NCC(=O)N[C@@H]([C@@H](C)CC)C(=O)NCC(=O)N2. The number of aromatic nitrogens is 1. The molecule has 3 aliphatic rings. The Hall–Kier alpha value is -6.23. The zero-order chi connectivity index (χ0) is 48.2. The van der Waals surface area contributed by atoms with E-state index in [1.54, 1.807) is 39.0 Å². The zero-order valence-electron chi connectivity index (χ0n) is 37.6. The second-order valence-electron chi connectivity index (χ2n) is 17.0. The van der Waals surface area contributed by atoms with Crippen LogP contribution in [0.15, 0.2) is 23.2 Å². The van der Waals surface area contributed by atoms with Crippen molar-refractivity contribution >= 4 is 87.4 Å². The summed E-state index contributed by atoms with van der Waals surface area (Å²) in [7, 11) is 0. The van der Waals surface area contributed by atoms with Gasteiger partial charge in [0, 0.05) is 41.7 Å². The minimum Gasteiger partial charge on any atom is -0.370 e. The Morgan fingerprint density at radius 1 is 0.818 bits per heavy atom. The summed E-state index contributed by atoms with van der Waals surface area (Å²) in [5, 5.41) is 22.2. The number of carbonyl (C=O) groups excluding carboxylic acids is 10. The van der Waals surface area contributed by atoms with E-state index in [0.29, 0.717) is 59.4 Å². The number of amides is 10. The number of rotatable bonds is 10. The lowest BCUT2D eigenvalue weighted by Crippen LogP contribution is -2.61. The van der Waals surface area contributed by atoms with Crippen LogP contribution in [0.2, 0.25) is 0 Å². The summed E-state index contributed by atoms with van der Waals surface area (Å²) >= 11 is 1.04. The van der Waals surface area contributed by atoms with Crippen molar-refractivity contribution in [1.82, 2.24) is 47.1 Å². The Balaban J connectivity index is 1.70.